The van der Waals surface area contributed by atoms with Crippen LogP contribution >= 0.6 is 11.6 Å². The predicted octanol–water partition coefficient (Wildman–Crippen LogP) is 4.97. The average Bonchev–Trinajstić information content (AvgIpc) is 3.25. The molecule has 0 bridgehead atoms. The van der Waals surface area contributed by atoms with Gasteiger partial charge in [-0.15, -0.1) is 10.2 Å². The normalized spacial score (nSPS) is 15.1. The maximum absolute atomic E-state index is 13.0. The molecule has 1 aromatic heterocycles. The number of hydrogen-bond donors (Lipinski definition) is 1. The van der Waals surface area contributed by atoms with Crippen molar-refractivity contribution in [1.82, 2.24) is 19.7 Å². The van der Waals surface area contributed by atoms with Crippen LogP contribution < -0.4 is 5.32 Å². The highest BCUT2D eigenvalue weighted by molar-refractivity contribution is 6.33. The molecule has 0 fully saturated rings. The molecule has 2 aromatic carbocycles. The zero-order valence-electron chi connectivity index (χ0n) is 19.5. The standard InChI is InChI=1S/C26H26ClN5O3/c1-2-3-12-32-25(34)18-10-8-16(14-19(18)26(32)35)24(33)28-17-9-11-21(27)20(15-17)23-30-29-22-7-5-4-6-13-31(22)23/h8-11,14-15H,2-7,12-13H2,1H3,(H,28,33). The molecule has 0 spiro atoms. The number of aryl methyl sites for hydroxylation is 1. The number of nitrogens with one attached hydrogen (secondary N) is 1. The first-order valence-corrected chi connectivity index (χ1v) is 12.4. The molecule has 35 heavy (non-hydrogen) atoms. The fraction of sp³-hybridized carbons (Fsp3) is 0.346. The summed E-state index contributed by atoms with van der Waals surface area (Å²) in [6.07, 6.45) is 5.80. The van der Waals surface area contributed by atoms with E-state index in [0.29, 0.717) is 39.8 Å². The number of fused-ring (bicyclic) bond motifs is 2. The number of carbonyl (C=O) groups is 3. The number of rotatable bonds is 6. The summed E-state index contributed by atoms with van der Waals surface area (Å²) >= 11 is 6.50. The van der Waals surface area contributed by atoms with Crippen molar-refractivity contribution >= 4 is 35.0 Å². The van der Waals surface area contributed by atoms with Crippen molar-refractivity contribution in [1.29, 1.82) is 0 Å². The topological polar surface area (TPSA) is 97.2 Å². The summed E-state index contributed by atoms with van der Waals surface area (Å²) in [6, 6.07) is 9.84. The third-order valence-electron chi connectivity index (χ3n) is 6.54. The number of hydrogen-bond acceptors (Lipinski definition) is 5. The van der Waals surface area contributed by atoms with Crippen molar-refractivity contribution in [3.05, 3.63) is 63.9 Å². The molecule has 2 aliphatic heterocycles. The average molecular weight is 492 g/mol. The maximum Gasteiger partial charge on any atom is 0.261 e. The Balaban J connectivity index is 1.39. The number of aromatic nitrogens is 3. The largest absolute Gasteiger partial charge is 0.322 e. The Labute approximate surface area is 208 Å². The molecule has 180 valence electrons. The summed E-state index contributed by atoms with van der Waals surface area (Å²) in [7, 11) is 0. The van der Waals surface area contributed by atoms with Crippen molar-refractivity contribution in [3.8, 4) is 11.4 Å². The van der Waals surface area contributed by atoms with Crippen LogP contribution in [-0.2, 0) is 13.0 Å². The molecule has 0 aliphatic carbocycles. The lowest BCUT2D eigenvalue weighted by molar-refractivity contribution is 0.0652. The van der Waals surface area contributed by atoms with Gasteiger partial charge in [-0.25, -0.2) is 0 Å². The van der Waals surface area contributed by atoms with Crippen molar-refractivity contribution in [2.75, 3.05) is 11.9 Å². The number of nitrogens with zero attached hydrogens (tertiary/aromatic N) is 4. The molecule has 5 rings (SSSR count). The maximum atomic E-state index is 13.0. The van der Waals surface area contributed by atoms with Crippen molar-refractivity contribution in [2.24, 2.45) is 0 Å². The Morgan fingerprint density at radius 1 is 1.00 bits per heavy atom. The minimum absolute atomic E-state index is 0.265. The second-order valence-corrected chi connectivity index (χ2v) is 9.33. The van der Waals surface area contributed by atoms with Gasteiger partial charge in [-0.3, -0.25) is 19.3 Å². The molecule has 3 heterocycles. The van der Waals surface area contributed by atoms with Crippen LogP contribution in [-0.4, -0.2) is 43.9 Å². The lowest BCUT2D eigenvalue weighted by Gasteiger charge is -2.12. The van der Waals surface area contributed by atoms with Crippen LogP contribution in [0.3, 0.4) is 0 Å². The van der Waals surface area contributed by atoms with Crippen molar-refractivity contribution < 1.29 is 14.4 Å². The number of carbonyl (C=O) groups excluding carboxylic acids is 3. The molecule has 0 saturated heterocycles. The second kappa shape index (κ2) is 9.62. The quantitative estimate of drug-likeness (QED) is 0.491. The van der Waals surface area contributed by atoms with Crippen LogP contribution in [0.2, 0.25) is 5.02 Å². The van der Waals surface area contributed by atoms with Gasteiger partial charge >= 0.3 is 0 Å². The van der Waals surface area contributed by atoms with Gasteiger partial charge in [0.2, 0.25) is 0 Å². The van der Waals surface area contributed by atoms with E-state index in [-0.39, 0.29) is 23.3 Å². The Morgan fingerprint density at radius 3 is 2.66 bits per heavy atom. The number of unbranched alkanes of at least 4 members (excludes halogenated alkanes) is 1. The smallest absolute Gasteiger partial charge is 0.261 e. The van der Waals surface area contributed by atoms with Gasteiger partial charge in [-0.05, 0) is 55.7 Å². The van der Waals surface area contributed by atoms with E-state index in [0.717, 1.165) is 50.9 Å². The first-order valence-electron chi connectivity index (χ1n) is 12.0. The molecule has 0 radical (unpaired) electrons. The number of anilines is 1. The van der Waals surface area contributed by atoms with E-state index in [4.69, 9.17) is 11.6 Å². The lowest BCUT2D eigenvalue weighted by atomic mass is 10.1. The van der Waals surface area contributed by atoms with Gasteiger partial charge in [0.15, 0.2) is 5.82 Å². The highest BCUT2D eigenvalue weighted by Crippen LogP contribution is 2.32. The Morgan fingerprint density at radius 2 is 1.83 bits per heavy atom. The molecule has 0 unspecified atom stereocenters. The molecule has 1 N–H and O–H groups in total. The van der Waals surface area contributed by atoms with Gasteiger partial charge in [-0.1, -0.05) is 31.4 Å². The molecule has 8 nitrogen and oxygen atoms in total. The number of halogens is 1. The van der Waals surface area contributed by atoms with E-state index in [2.05, 4.69) is 20.1 Å². The van der Waals surface area contributed by atoms with E-state index >= 15 is 0 Å². The van der Waals surface area contributed by atoms with Crippen LogP contribution in [0.15, 0.2) is 36.4 Å². The van der Waals surface area contributed by atoms with Crippen LogP contribution in [0.5, 0.6) is 0 Å². The zero-order valence-corrected chi connectivity index (χ0v) is 20.3. The first kappa shape index (κ1) is 23.2. The summed E-state index contributed by atoms with van der Waals surface area (Å²) in [5.41, 5.74) is 2.15. The Kier molecular flexibility index (Phi) is 6.38. The molecular formula is C26H26ClN5O3. The highest BCUT2D eigenvalue weighted by atomic mass is 35.5. The minimum Gasteiger partial charge on any atom is -0.322 e. The molecule has 3 aromatic rings. The summed E-state index contributed by atoms with van der Waals surface area (Å²) in [5.74, 6) is 0.605. The third kappa shape index (κ3) is 4.34. The Bertz CT molecular complexity index is 1330. The van der Waals surface area contributed by atoms with Crippen molar-refractivity contribution in [2.45, 2.75) is 52.0 Å². The van der Waals surface area contributed by atoms with Gasteiger partial charge in [0.25, 0.3) is 17.7 Å². The summed E-state index contributed by atoms with van der Waals surface area (Å²) in [4.78, 5) is 39.6. The number of amides is 3. The van der Waals surface area contributed by atoms with Crippen LogP contribution in [0.4, 0.5) is 5.69 Å². The van der Waals surface area contributed by atoms with E-state index in [1.807, 2.05) is 6.92 Å². The number of imide groups is 1. The van der Waals surface area contributed by atoms with Gasteiger partial charge in [-0.2, -0.15) is 0 Å². The van der Waals surface area contributed by atoms with Gasteiger partial charge < -0.3 is 9.88 Å². The molecule has 2 aliphatic rings. The zero-order chi connectivity index (χ0) is 24.5. The van der Waals surface area contributed by atoms with Gasteiger partial charge in [0.05, 0.1) is 16.1 Å². The number of benzene rings is 2. The molecule has 9 heteroatoms. The predicted molar refractivity (Wildman–Crippen MR) is 133 cm³/mol. The molecular weight excluding hydrogens is 466 g/mol. The summed E-state index contributed by atoms with van der Waals surface area (Å²) in [6.45, 7) is 3.22. The fourth-order valence-electron chi connectivity index (χ4n) is 4.61. The third-order valence-corrected chi connectivity index (χ3v) is 6.87. The monoisotopic (exact) mass is 491 g/mol. The fourth-order valence-corrected chi connectivity index (χ4v) is 4.82. The lowest BCUT2D eigenvalue weighted by Crippen LogP contribution is -2.30. The minimum atomic E-state index is -0.381. The van der Waals surface area contributed by atoms with Crippen LogP contribution in [0.25, 0.3) is 11.4 Å². The highest BCUT2D eigenvalue weighted by Gasteiger charge is 2.35. The van der Waals surface area contributed by atoms with E-state index in [1.165, 1.54) is 11.0 Å². The SMILES string of the molecule is CCCCN1C(=O)c2ccc(C(=O)Nc3ccc(Cl)c(-c4nnc5n4CCCCC5)c3)cc2C1=O. The first-order chi connectivity index (χ1) is 17.0. The summed E-state index contributed by atoms with van der Waals surface area (Å²) in [5, 5.41) is 12.1. The second-order valence-electron chi connectivity index (χ2n) is 8.93. The summed E-state index contributed by atoms with van der Waals surface area (Å²) < 4.78 is 2.10. The van der Waals surface area contributed by atoms with E-state index in [9.17, 15) is 14.4 Å². The van der Waals surface area contributed by atoms with E-state index < -0.39 is 0 Å². The van der Waals surface area contributed by atoms with Crippen LogP contribution in [0, 0.1) is 0 Å². The Hall–Kier alpha value is -3.52. The van der Waals surface area contributed by atoms with Gasteiger partial charge in [0.1, 0.15) is 5.82 Å². The molecule has 0 atom stereocenters. The van der Waals surface area contributed by atoms with Crippen LogP contribution in [0.1, 0.15) is 75.9 Å². The molecule has 3 amide bonds. The van der Waals surface area contributed by atoms with Crippen molar-refractivity contribution in [3.63, 3.8) is 0 Å². The van der Waals surface area contributed by atoms with Gasteiger partial charge in [0, 0.05) is 36.3 Å². The van der Waals surface area contributed by atoms with E-state index in [1.54, 1.807) is 30.3 Å². The molecule has 0 saturated carbocycles.